The maximum absolute atomic E-state index is 12.7. The molecule has 0 atom stereocenters. The van der Waals surface area contributed by atoms with Crippen molar-refractivity contribution in [2.24, 2.45) is 0 Å². The molecular weight excluding hydrogens is 468 g/mol. The van der Waals surface area contributed by atoms with Crippen LogP contribution < -0.4 is 14.5 Å². The third kappa shape index (κ3) is 5.35. The molecular formula is C28H28N6O3. The molecule has 0 radical (unpaired) electrons. The first-order valence-corrected chi connectivity index (χ1v) is 12.2. The molecule has 0 amide bonds. The van der Waals surface area contributed by atoms with Gasteiger partial charge < -0.3 is 19.3 Å². The Bertz CT molecular complexity index is 1360. The molecule has 37 heavy (non-hydrogen) atoms. The molecule has 1 fully saturated rings. The average molecular weight is 497 g/mol. The van der Waals surface area contributed by atoms with E-state index in [0.29, 0.717) is 30.3 Å². The number of hydrogen-bond acceptors (Lipinski definition) is 9. The van der Waals surface area contributed by atoms with Gasteiger partial charge in [-0.3, -0.25) is 0 Å². The fourth-order valence-corrected chi connectivity index (χ4v) is 4.28. The van der Waals surface area contributed by atoms with Gasteiger partial charge >= 0.3 is 5.97 Å². The molecule has 2 aromatic heterocycles. The fraction of sp³-hybridized carbons (Fsp3) is 0.250. The Kier molecular flexibility index (Phi) is 7.21. The van der Waals surface area contributed by atoms with Crippen molar-refractivity contribution in [3.63, 3.8) is 0 Å². The minimum atomic E-state index is -0.426. The molecule has 5 rings (SSSR count). The lowest BCUT2D eigenvalue weighted by molar-refractivity contribution is 0.0526. The summed E-state index contributed by atoms with van der Waals surface area (Å²) < 4.78 is 10.5. The van der Waals surface area contributed by atoms with Gasteiger partial charge in [-0.05, 0) is 31.2 Å². The van der Waals surface area contributed by atoms with Gasteiger partial charge in [0.2, 0.25) is 0 Å². The Morgan fingerprint density at radius 1 is 0.892 bits per heavy atom. The first-order chi connectivity index (χ1) is 18.2. The molecule has 0 aliphatic carbocycles. The van der Waals surface area contributed by atoms with Gasteiger partial charge in [-0.1, -0.05) is 30.3 Å². The van der Waals surface area contributed by atoms with E-state index in [0.717, 1.165) is 41.5 Å². The third-order valence-corrected chi connectivity index (χ3v) is 6.24. The number of carbonyl (C=O) groups is 1. The SMILES string of the molecule is CCOC(=O)c1cnc(-c2ccc(OC)cc2)nc1N1CCN(c2cc(-c3ccccc3)ncn2)CC1. The molecule has 9 nitrogen and oxygen atoms in total. The Balaban J connectivity index is 1.38. The summed E-state index contributed by atoms with van der Waals surface area (Å²) >= 11 is 0. The fourth-order valence-electron chi connectivity index (χ4n) is 4.28. The van der Waals surface area contributed by atoms with Crippen LogP contribution in [0.15, 0.2) is 73.2 Å². The maximum Gasteiger partial charge on any atom is 0.343 e. The third-order valence-electron chi connectivity index (χ3n) is 6.24. The van der Waals surface area contributed by atoms with Crippen molar-refractivity contribution in [1.29, 1.82) is 0 Å². The van der Waals surface area contributed by atoms with Crippen LogP contribution in [0.5, 0.6) is 5.75 Å². The highest BCUT2D eigenvalue weighted by Gasteiger charge is 2.25. The van der Waals surface area contributed by atoms with E-state index in [-0.39, 0.29) is 6.61 Å². The number of ether oxygens (including phenoxy) is 2. The molecule has 4 aromatic rings. The predicted octanol–water partition coefficient (Wildman–Crippen LogP) is 4.11. The highest BCUT2D eigenvalue weighted by molar-refractivity contribution is 5.95. The van der Waals surface area contributed by atoms with Crippen molar-refractivity contribution >= 4 is 17.6 Å². The van der Waals surface area contributed by atoms with Gasteiger partial charge in [0.25, 0.3) is 0 Å². The van der Waals surface area contributed by atoms with Crippen molar-refractivity contribution in [3.05, 3.63) is 78.8 Å². The van der Waals surface area contributed by atoms with Crippen LogP contribution in [0.4, 0.5) is 11.6 Å². The summed E-state index contributed by atoms with van der Waals surface area (Å²) in [6.45, 7) is 4.83. The quantitative estimate of drug-likeness (QED) is 0.350. The molecule has 1 aliphatic rings. The summed E-state index contributed by atoms with van der Waals surface area (Å²) in [5.41, 5.74) is 3.14. The zero-order valence-electron chi connectivity index (χ0n) is 20.9. The second-order valence-corrected chi connectivity index (χ2v) is 8.48. The molecule has 1 aliphatic heterocycles. The highest BCUT2D eigenvalue weighted by atomic mass is 16.5. The minimum Gasteiger partial charge on any atom is -0.497 e. The summed E-state index contributed by atoms with van der Waals surface area (Å²) in [6, 6.07) is 19.6. The molecule has 0 spiro atoms. The van der Waals surface area contributed by atoms with Gasteiger partial charge in [0.05, 0.1) is 19.4 Å². The van der Waals surface area contributed by atoms with Crippen LogP contribution in [-0.2, 0) is 4.74 Å². The van der Waals surface area contributed by atoms with E-state index in [1.807, 2.05) is 60.7 Å². The molecule has 0 N–H and O–H groups in total. The second-order valence-electron chi connectivity index (χ2n) is 8.48. The molecule has 0 unspecified atom stereocenters. The molecule has 0 bridgehead atoms. The van der Waals surface area contributed by atoms with Gasteiger partial charge in [-0.25, -0.2) is 24.7 Å². The van der Waals surface area contributed by atoms with Crippen LogP contribution in [0.1, 0.15) is 17.3 Å². The van der Waals surface area contributed by atoms with Gasteiger partial charge in [0.1, 0.15) is 29.3 Å². The zero-order chi connectivity index (χ0) is 25.6. The number of carbonyl (C=O) groups excluding carboxylic acids is 1. The number of esters is 1. The van der Waals surface area contributed by atoms with Gasteiger partial charge in [0, 0.05) is 49.6 Å². The highest BCUT2D eigenvalue weighted by Crippen LogP contribution is 2.27. The molecule has 0 saturated carbocycles. The number of nitrogens with zero attached hydrogens (tertiary/aromatic N) is 6. The molecule has 188 valence electrons. The average Bonchev–Trinajstić information content (AvgIpc) is 2.97. The number of piperazine rings is 1. The van der Waals surface area contributed by atoms with Crippen LogP contribution in [0.2, 0.25) is 0 Å². The van der Waals surface area contributed by atoms with Crippen molar-refractivity contribution in [2.45, 2.75) is 6.92 Å². The van der Waals surface area contributed by atoms with Crippen LogP contribution in [0.3, 0.4) is 0 Å². The predicted molar refractivity (Wildman–Crippen MR) is 142 cm³/mol. The maximum atomic E-state index is 12.7. The van der Waals surface area contributed by atoms with E-state index < -0.39 is 5.97 Å². The number of anilines is 2. The largest absolute Gasteiger partial charge is 0.497 e. The summed E-state index contributed by atoms with van der Waals surface area (Å²) in [4.78, 5) is 35.3. The Morgan fingerprint density at radius 3 is 2.32 bits per heavy atom. The standard InChI is InChI=1S/C28H28N6O3/c1-3-37-28(35)23-18-29-26(21-9-11-22(36-2)12-10-21)32-27(23)34-15-13-33(14-16-34)25-17-24(30-19-31-25)20-7-5-4-6-8-20/h4-12,17-19H,3,13-16H2,1-2H3. The number of methoxy groups -OCH3 is 1. The van der Waals surface area contributed by atoms with E-state index in [1.165, 1.54) is 0 Å². The summed E-state index contributed by atoms with van der Waals surface area (Å²) in [5, 5.41) is 0. The molecule has 2 aromatic carbocycles. The molecule has 1 saturated heterocycles. The topological polar surface area (TPSA) is 93.6 Å². The monoisotopic (exact) mass is 496 g/mol. The lowest BCUT2D eigenvalue weighted by Crippen LogP contribution is -2.47. The van der Waals surface area contributed by atoms with E-state index in [4.69, 9.17) is 14.5 Å². The van der Waals surface area contributed by atoms with E-state index in [2.05, 4.69) is 24.8 Å². The van der Waals surface area contributed by atoms with Crippen LogP contribution in [-0.4, -0.2) is 65.8 Å². The van der Waals surface area contributed by atoms with Crippen molar-refractivity contribution in [2.75, 3.05) is 49.7 Å². The van der Waals surface area contributed by atoms with E-state index >= 15 is 0 Å². The van der Waals surface area contributed by atoms with Crippen molar-refractivity contribution < 1.29 is 14.3 Å². The van der Waals surface area contributed by atoms with Gasteiger partial charge in [-0.15, -0.1) is 0 Å². The zero-order valence-corrected chi connectivity index (χ0v) is 20.9. The van der Waals surface area contributed by atoms with Gasteiger partial charge in [0.15, 0.2) is 5.82 Å². The lowest BCUT2D eigenvalue weighted by atomic mass is 10.1. The summed E-state index contributed by atoms with van der Waals surface area (Å²) in [7, 11) is 1.63. The van der Waals surface area contributed by atoms with Gasteiger partial charge in [-0.2, -0.15) is 0 Å². The number of benzene rings is 2. The summed E-state index contributed by atoms with van der Waals surface area (Å²) in [5.74, 6) is 2.32. The Labute approximate surface area is 215 Å². The molecule has 3 heterocycles. The normalized spacial score (nSPS) is 13.4. The Hall–Kier alpha value is -4.53. The Morgan fingerprint density at radius 2 is 1.62 bits per heavy atom. The number of hydrogen-bond donors (Lipinski definition) is 0. The first-order valence-electron chi connectivity index (χ1n) is 12.2. The van der Waals surface area contributed by atoms with E-state index in [9.17, 15) is 4.79 Å². The van der Waals surface area contributed by atoms with E-state index in [1.54, 1.807) is 26.6 Å². The van der Waals surface area contributed by atoms with Crippen LogP contribution in [0.25, 0.3) is 22.6 Å². The van der Waals surface area contributed by atoms with Crippen molar-refractivity contribution in [3.8, 4) is 28.4 Å². The number of aromatic nitrogens is 4. The first kappa shape index (κ1) is 24.2. The minimum absolute atomic E-state index is 0.281. The number of rotatable bonds is 7. The summed E-state index contributed by atoms with van der Waals surface area (Å²) in [6.07, 6.45) is 3.16. The van der Waals surface area contributed by atoms with Crippen LogP contribution in [0, 0.1) is 0 Å². The molecule has 9 heteroatoms. The second kappa shape index (κ2) is 11.0. The smallest absolute Gasteiger partial charge is 0.343 e. The van der Waals surface area contributed by atoms with Crippen LogP contribution >= 0.6 is 0 Å². The lowest BCUT2D eigenvalue weighted by Gasteiger charge is -2.36. The van der Waals surface area contributed by atoms with Crippen molar-refractivity contribution in [1.82, 2.24) is 19.9 Å².